The van der Waals surface area contributed by atoms with Gasteiger partial charge in [0.25, 0.3) is 11.5 Å². The third kappa shape index (κ3) is 3.67. The van der Waals surface area contributed by atoms with E-state index in [-0.39, 0.29) is 17.5 Å². The summed E-state index contributed by atoms with van der Waals surface area (Å²) in [5, 5.41) is 6.32. The van der Waals surface area contributed by atoms with E-state index >= 15 is 0 Å². The van der Waals surface area contributed by atoms with Gasteiger partial charge in [0.05, 0.1) is 20.3 Å². The van der Waals surface area contributed by atoms with Gasteiger partial charge in [-0.3, -0.25) is 9.59 Å². The Morgan fingerprint density at radius 1 is 1.24 bits per heavy atom. The fraction of sp³-hybridized carbons (Fsp3) is 0.429. The van der Waals surface area contributed by atoms with E-state index < -0.39 is 0 Å². The third-order valence-electron chi connectivity index (χ3n) is 5.39. The fourth-order valence-corrected chi connectivity index (χ4v) is 4.01. The summed E-state index contributed by atoms with van der Waals surface area (Å²) in [6.45, 7) is 2.26. The first-order valence-electron chi connectivity index (χ1n) is 9.73. The average Bonchev–Trinajstić information content (AvgIpc) is 2.99. The molecule has 1 aromatic heterocycles. The summed E-state index contributed by atoms with van der Waals surface area (Å²) in [7, 11) is 3.08. The van der Waals surface area contributed by atoms with Crippen molar-refractivity contribution >= 4 is 5.91 Å². The number of rotatable bonds is 4. The van der Waals surface area contributed by atoms with Crippen LogP contribution in [-0.4, -0.2) is 50.4 Å². The number of amides is 1. The Labute approximate surface area is 168 Å². The third-order valence-corrected chi connectivity index (χ3v) is 5.39. The minimum atomic E-state index is -0.257. The van der Waals surface area contributed by atoms with Crippen LogP contribution in [0.25, 0.3) is 0 Å². The number of ether oxygens (including phenoxy) is 3. The summed E-state index contributed by atoms with van der Waals surface area (Å²) in [4.78, 5) is 25.7. The molecule has 1 aromatic carbocycles. The van der Waals surface area contributed by atoms with Crippen LogP contribution in [0.5, 0.6) is 17.2 Å². The van der Waals surface area contributed by atoms with Crippen molar-refractivity contribution in [2.24, 2.45) is 0 Å². The zero-order valence-corrected chi connectivity index (χ0v) is 16.6. The summed E-state index contributed by atoms with van der Waals surface area (Å²) >= 11 is 0. The van der Waals surface area contributed by atoms with Gasteiger partial charge in [-0.2, -0.15) is 0 Å². The number of methoxy groups -OCH3 is 2. The van der Waals surface area contributed by atoms with Crippen molar-refractivity contribution in [3.63, 3.8) is 0 Å². The van der Waals surface area contributed by atoms with E-state index in [4.69, 9.17) is 14.2 Å². The van der Waals surface area contributed by atoms with Crippen LogP contribution >= 0.6 is 0 Å². The predicted octanol–water partition coefficient (Wildman–Crippen LogP) is 0.745. The van der Waals surface area contributed by atoms with Crippen molar-refractivity contribution in [3.05, 3.63) is 51.4 Å². The molecule has 0 saturated carbocycles. The molecule has 2 aliphatic heterocycles. The predicted molar refractivity (Wildman–Crippen MR) is 107 cm³/mol. The van der Waals surface area contributed by atoms with Crippen molar-refractivity contribution in [2.45, 2.75) is 25.4 Å². The topological polar surface area (TPSA) is 90.8 Å². The fourth-order valence-electron chi connectivity index (χ4n) is 4.01. The van der Waals surface area contributed by atoms with Gasteiger partial charge in [-0.25, -0.2) is 0 Å². The number of aromatic nitrogens is 1. The molecule has 0 saturated heterocycles. The molecule has 0 bridgehead atoms. The Bertz CT molecular complexity index is 985. The first-order valence-corrected chi connectivity index (χ1v) is 9.73. The lowest BCUT2D eigenvalue weighted by Crippen LogP contribution is -2.43. The van der Waals surface area contributed by atoms with Crippen LogP contribution in [-0.2, 0) is 19.4 Å². The molecule has 1 unspecified atom stereocenters. The van der Waals surface area contributed by atoms with E-state index in [0.29, 0.717) is 61.8 Å². The maximum atomic E-state index is 13.2. The van der Waals surface area contributed by atoms with Gasteiger partial charge in [-0.15, -0.1) is 0 Å². The van der Waals surface area contributed by atoms with Gasteiger partial charge < -0.3 is 29.4 Å². The number of pyridine rings is 1. The smallest absolute Gasteiger partial charge is 0.257 e. The molecule has 1 atom stereocenters. The van der Waals surface area contributed by atoms with Gasteiger partial charge in [0.2, 0.25) is 0 Å². The van der Waals surface area contributed by atoms with E-state index in [9.17, 15) is 9.59 Å². The Morgan fingerprint density at radius 3 is 2.86 bits per heavy atom. The quantitative estimate of drug-likeness (QED) is 0.788. The normalized spacial score (nSPS) is 17.9. The van der Waals surface area contributed by atoms with Gasteiger partial charge in [-0.05, 0) is 12.5 Å². The Morgan fingerprint density at radius 2 is 2.07 bits per heavy atom. The molecule has 1 amide bonds. The van der Waals surface area contributed by atoms with E-state index in [1.807, 2.05) is 18.2 Å². The van der Waals surface area contributed by atoms with Crippen LogP contribution in [0.4, 0.5) is 0 Å². The molecule has 0 fully saturated rings. The number of carbonyl (C=O) groups excluding carboxylic acids is 1. The summed E-state index contributed by atoms with van der Waals surface area (Å²) in [5.41, 5.74) is 1.96. The van der Waals surface area contributed by atoms with E-state index in [1.54, 1.807) is 11.7 Å². The lowest BCUT2D eigenvalue weighted by atomic mass is 10.0. The second-order valence-electron chi connectivity index (χ2n) is 7.16. The first-order chi connectivity index (χ1) is 14.1. The monoisotopic (exact) mass is 399 g/mol. The first kappa shape index (κ1) is 19.3. The molecular weight excluding hydrogens is 374 g/mol. The number of para-hydroxylation sites is 1. The molecule has 2 aliphatic rings. The molecule has 2 aromatic rings. The highest BCUT2D eigenvalue weighted by Crippen LogP contribution is 2.34. The number of carbonyl (C=O) groups is 1. The average molecular weight is 399 g/mol. The standard InChI is InChI=1S/C21H25N3O5/c1-27-16-5-3-4-13-10-14(12-29-20(13)16)23-21(26)19-15-6-7-22-8-9-24(15)18(25)11-17(19)28-2/h3-5,11,14,22H,6-10,12H2,1-2H3,(H,23,26). The molecule has 8 nitrogen and oxygen atoms in total. The van der Waals surface area contributed by atoms with Crippen LogP contribution in [0.1, 0.15) is 21.6 Å². The lowest BCUT2D eigenvalue weighted by Gasteiger charge is -2.28. The summed E-state index contributed by atoms with van der Waals surface area (Å²) in [5.74, 6) is 1.46. The molecule has 3 heterocycles. The van der Waals surface area contributed by atoms with Crippen LogP contribution in [0.3, 0.4) is 0 Å². The Balaban J connectivity index is 1.61. The summed E-state index contributed by atoms with van der Waals surface area (Å²) in [6, 6.07) is 6.93. The zero-order chi connectivity index (χ0) is 20.4. The molecule has 0 spiro atoms. The lowest BCUT2D eigenvalue weighted by molar-refractivity contribution is 0.0909. The van der Waals surface area contributed by atoms with Crippen molar-refractivity contribution in [1.82, 2.24) is 15.2 Å². The summed E-state index contributed by atoms with van der Waals surface area (Å²) in [6.07, 6.45) is 1.22. The molecule has 2 N–H and O–H groups in total. The van der Waals surface area contributed by atoms with E-state index in [2.05, 4.69) is 10.6 Å². The Hall–Kier alpha value is -3.00. The van der Waals surface area contributed by atoms with Gasteiger partial charge >= 0.3 is 0 Å². The van der Waals surface area contributed by atoms with Crippen molar-refractivity contribution in [2.75, 3.05) is 33.9 Å². The van der Waals surface area contributed by atoms with Gasteiger partial charge in [0.15, 0.2) is 11.5 Å². The highest BCUT2D eigenvalue weighted by atomic mass is 16.5. The second-order valence-corrected chi connectivity index (χ2v) is 7.16. The van der Waals surface area contributed by atoms with Crippen LogP contribution in [0, 0.1) is 0 Å². The largest absolute Gasteiger partial charge is 0.496 e. The highest BCUT2D eigenvalue weighted by Gasteiger charge is 2.28. The Kier molecular flexibility index (Phi) is 5.44. The molecular formula is C21H25N3O5. The zero-order valence-electron chi connectivity index (χ0n) is 16.6. The van der Waals surface area contributed by atoms with Crippen molar-refractivity contribution in [1.29, 1.82) is 0 Å². The second kappa shape index (κ2) is 8.16. The highest BCUT2D eigenvalue weighted by molar-refractivity contribution is 5.98. The van der Waals surface area contributed by atoms with E-state index in [0.717, 1.165) is 11.3 Å². The maximum absolute atomic E-state index is 13.2. The van der Waals surface area contributed by atoms with Crippen LogP contribution in [0.15, 0.2) is 29.1 Å². The number of nitrogens with zero attached hydrogens (tertiary/aromatic N) is 1. The van der Waals surface area contributed by atoms with Gasteiger partial charge in [0, 0.05) is 43.4 Å². The number of hydrogen-bond acceptors (Lipinski definition) is 6. The van der Waals surface area contributed by atoms with E-state index in [1.165, 1.54) is 13.2 Å². The SMILES string of the molecule is COc1cccc2c1OCC(NC(=O)c1c(OC)cc(=O)n3c1CCNCC3)C2. The van der Waals surface area contributed by atoms with Crippen molar-refractivity contribution < 1.29 is 19.0 Å². The van der Waals surface area contributed by atoms with Crippen LogP contribution < -0.4 is 30.4 Å². The summed E-state index contributed by atoms with van der Waals surface area (Å²) < 4.78 is 18.3. The molecule has 8 heteroatoms. The van der Waals surface area contributed by atoms with Crippen LogP contribution in [0.2, 0.25) is 0 Å². The molecule has 0 aliphatic carbocycles. The van der Waals surface area contributed by atoms with Crippen molar-refractivity contribution in [3.8, 4) is 17.2 Å². The molecule has 4 rings (SSSR count). The number of hydrogen-bond donors (Lipinski definition) is 2. The molecule has 0 radical (unpaired) electrons. The number of nitrogens with one attached hydrogen (secondary N) is 2. The number of fused-ring (bicyclic) bond motifs is 2. The molecule has 29 heavy (non-hydrogen) atoms. The molecule has 154 valence electrons. The minimum Gasteiger partial charge on any atom is -0.496 e. The van der Waals surface area contributed by atoms with Gasteiger partial charge in [-0.1, -0.05) is 12.1 Å². The maximum Gasteiger partial charge on any atom is 0.257 e. The van der Waals surface area contributed by atoms with Gasteiger partial charge in [0.1, 0.15) is 17.9 Å². The number of benzene rings is 1. The minimum absolute atomic E-state index is 0.154.